The van der Waals surface area contributed by atoms with Crippen LogP contribution >= 0.6 is 0 Å². The van der Waals surface area contributed by atoms with Gasteiger partial charge in [-0.1, -0.05) is 97.0 Å². The molecule has 0 spiro atoms. The Morgan fingerprint density at radius 3 is 2.35 bits per heavy atom. The Labute approximate surface area is 333 Å². The zero-order valence-electron chi connectivity index (χ0n) is 35.6. The number of aliphatic hydroxyl groups excluding tert-OH is 1. The number of aliphatic hydroxyl groups is 1. The van der Waals surface area contributed by atoms with Gasteiger partial charge in [-0.05, 0) is 95.1 Å². The third-order valence-corrected chi connectivity index (χ3v) is 16.4. The Hall–Kier alpha value is -2.60. The molecule has 0 amide bonds. The monoisotopic (exact) mass is 784 g/mol. The van der Waals surface area contributed by atoms with E-state index in [-0.39, 0.29) is 60.5 Å². The molecular formula is C45H72O9Si. The summed E-state index contributed by atoms with van der Waals surface area (Å²) in [6.45, 7) is 23.0. The molecule has 0 bridgehead atoms. The zero-order chi connectivity index (χ0) is 40.8. The van der Waals surface area contributed by atoms with Crippen molar-refractivity contribution < 1.29 is 42.8 Å². The number of cyclic esters (lactones) is 1. The molecule has 0 aliphatic carbocycles. The van der Waals surface area contributed by atoms with Gasteiger partial charge in [-0.2, -0.15) is 0 Å². The molecule has 1 N–H and O–H groups in total. The number of esters is 2. The summed E-state index contributed by atoms with van der Waals surface area (Å²) in [6, 6.07) is 12.0. The van der Waals surface area contributed by atoms with Crippen LogP contribution in [0.3, 0.4) is 0 Å². The maximum atomic E-state index is 13.7. The molecule has 10 heteroatoms. The minimum Gasteiger partial charge on any atom is -0.458 e. The van der Waals surface area contributed by atoms with E-state index >= 15 is 0 Å². The lowest BCUT2D eigenvalue weighted by Crippen LogP contribution is -2.46. The first kappa shape index (κ1) is 46.8. The minimum atomic E-state index is -2.06. The predicted octanol–water partition coefficient (Wildman–Crippen LogP) is 9.75. The van der Waals surface area contributed by atoms with Crippen LogP contribution in [0.2, 0.25) is 18.1 Å². The first-order chi connectivity index (χ1) is 26.1. The molecule has 55 heavy (non-hydrogen) atoms. The van der Waals surface area contributed by atoms with Crippen molar-refractivity contribution in [2.45, 2.75) is 175 Å². The van der Waals surface area contributed by atoms with Crippen LogP contribution in [0.25, 0.3) is 0 Å². The first-order valence-electron chi connectivity index (χ1n) is 20.9. The normalized spacial score (nSPS) is 29.7. The van der Waals surface area contributed by atoms with Crippen LogP contribution in [0, 0.1) is 17.8 Å². The fourth-order valence-electron chi connectivity index (χ4n) is 7.80. The molecule has 2 heterocycles. The van der Waals surface area contributed by atoms with Gasteiger partial charge in [0, 0.05) is 18.4 Å². The average Bonchev–Trinajstić information content (AvgIpc) is 3.94. The molecule has 3 rings (SSSR count). The smallest absolute Gasteiger partial charge is 0.338 e. The number of hydrogen-bond donors (Lipinski definition) is 1. The fourth-order valence-corrected chi connectivity index (χ4v) is 10.7. The van der Waals surface area contributed by atoms with Crippen LogP contribution in [-0.4, -0.2) is 80.5 Å². The summed E-state index contributed by atoms with van der Waals surface area (Å²) >= 11 is 0. The van der Waals surface area contributed by atoms with Crippen molar-refractivity contribution in [1.82, 2.24) is 0 Å². The molecule has 1 saturated heterocycles. The predicted molar refractivity (Wildman–Crippen MR) is 221 cm³/mol. The Balaban J connectivity index is 1.73. The highest BCUT2D eigenvalue weighted by Gasteiger charge is 2.46. The second-order valence-electron chi connectivity index (χ2n) is 16.0. The number of epoxide rings is 1. The molecule has 2 aliphatic rings. The van der Waals surface area contributed by atoms with Gasteiger partial charge in [0.2, 0.25) is 0 Å². The van der Waals surface area contributed by atoms with E-state index in [9.17, 15) is 14.7 Å². The van der Waals surface area contributed by atoms with Crippen LogP contribution in [-0.2, 0) is 32.9 Å². The number of ether oxygens (including phenoxy) is 5. The summed E-state index contributed by atoms with van der Waals surface area (Å²) in [4.78, 5) is 26.4. The van der Waals surface area contributed by atoms with E-state index in [4.69, 9.17) is 28.1 Å². The van der Waals surface area contributed by atoms with E-state index in [1.165, 1.54) is 0 Å². The Kier molecular flexibility index (Phi) is 19.0. The van der Waals surface area contributed by atoms with E-state index in [0.717, 1.165) is 36.5 Å². The molecule has 1 aromatic carbocycles. The maximum absolute atomic E-state index is 13.7. The summed E-state index contributed by atoms with van der Waals surface area (Å²) in [5, 5.41) is 11.6. The lowest BCUT2D eigenvalue weighted by atomic mass is 9.88. The zero-order valence-corrected chi connectivity index (χ0v) is 36.6. The molecule has 0 radical (unpaired) electrons. The molecule has 11 unspecified atom stereocenters. The first-order valence-corrected chi connectivity index (χ1v) is 23.5. The lowest BCUT2D eigenvalue weighted by molar-refractivity contribution is -0.221. The highest BCUT2D eigenvalue weighted by molar-refractivity contribution is 6.73. The summed E-state index contributed by atoms with van der Waals surface area (Å²) in [5.74, 6) is -0.489. The van der Waals surface area contributed by atoms with E-state index in [1.54, 1.807) is 18.2 Å². The van der Waals surface area contributed by atoms with Gasteiger partial charge in [0.25, 0.3) is 0 Å². The maximum Gasteiger partial charge on any atom is 0.338 e. The lowest BCUT2D eigenvalue weighted by Gasteiger charge is -2.39. The summed E-state index contributed by atoms with van der Waals surface area (Å²) in [5.41, 5.74) is 0.511. The summed E-state index contributed by atoms with van der Waals surface area (Å²) in [6.07, 6.45) is 10.3. The van der Waals surface area contributed by atoms with Crippen LogP contribution < -0.4 is 0 Å². The second-order valence-corrected chi connectivity index (χ2v) is 20.7. The molecule has 1 aromatic rings. The Morgan fingerprint density at radius 1 is 1.05 bits per heavy atom. The van der Waals surface area contributed by atoms with Gasteiger partial charge in [0.15, 0.2) is 14.6 Å². The Morgan fingerprint density at radius 2 is 1.73 bits per heavy atom. The highest BCUT2D eigenvalue weighted by Crippen LogP contribution is 2.38. The van der Waals surface area contributed by atoms with E-state index in [1.807, 2.05) is 78.0 Å². The van der Waals surface area contributed by atoms with Gasteiger partial charge >= 0.3 is 11.9 Å². The number of allylic oxidation sites excluding steroid dienone is 3. The van der Waals surface area contributed by atoms with Gasteiger partial charge in [0.05, 0.1) is 35.9 Å². The third kappa shape index (κ3) is 14.1. The number of rotatable bonds is 19. The second kappa shape index (κ2) is 22.4. The van der Waals surface area contributed by atoms with Crippen LogP contribution in [0.4, 0.5) is 0 Å². The summed E-state index contributed by atoms with van der Waals surface area (Å²) in [7, 11) is -2.06. The van der Waals surface area contributed by atoms with Crippen molar-refractivity contribution in [3.63, 3.8) is 0 Å². The van der Waals surface area contributed by atoms with Crippen molar-refractivity contribution in [2.24, 2.45) is 17.8 Å². The quantitative estimate of drug-likeness (QED) is 0.0366. The molecule has 9 nitrogen and oxygen atoms in total. The van der Waals surface area contributed by atoms with Crippen molar-refractivity contribution in [3.05, 3.63) is 71.8 Å². The third-order valence-electron chi connectivity index (χ3n) is 11.8. The van der Waals surface area contributed by atoms with Gasteiger partial charge in [0.1, 0.15) is 18.3 Å². The topological polar surface area (TPSA) is 113 Å². The summed E-state index contributed by atoms with van der Waals surface area (Å²) < 4.78 is 37.2. The van der Waals surface area contributed by atoms with Crippen LogP contribution in [0.1, 0.15) is 119 Å². The van der Waals surface area contributed by atoms with Crippen molar-refractivity contribution >= 4 is 20.3 Å². The van der Waals surface area contributed by atoms with Crippen molar-refractivity contribution in [2.75, 3.05) is 6.61 Å². The molecule has 310 valence electrons. The molecular weight excluding hydrogens is 713 g/mol. The molecule has 2 aliphatic heterocycles. The number of carbonyl (C=O) groups is 2. The minimum absolute atomic E-state index is 0.0440. The van der Waals surface area contributed by atoms with Gasteiger partial charge in [-0.15, -0.1) is 0 Å². The average molecular weight is 785 g/mol. The van der Waals surface area contributed by atoms with E-state index < -0.39 is 32.4 Å². The number of hydrogen-bond acceptors (Lipinski definition) is 9. The van der Waals surface area contributed by atoms with Gasteiger partial charge in [-0.25, -0.2) is 4.79 Å². The molecule has 1 fully saturated rings. The fraction of sp³-hybridized carbons (Fsp3) is 0.689. The Bertz CT molecular complexity index is 1400. The highest BCUT2D eigenvalue weighted by atomic mass is 28.4. The van der Waals surface area contributed by atoms with E-state index in [0.29, 0.717) is 25.0 Å². The van der Waals surface area contributed by atoms with Crippen molar-refractivity contribution in [3.8, 4) is 0 Å². The largest absolute Gasteiger partial charge is 0.458 e. The number of carbonyl (C=O) groups excluding carboxylic acids is 2. The molecule has 11 atom stereocenters. The van der Waals surface area contributed by atoms with Gasteiger partial charge < -0.3 is 33.2 Å². The van der Waals surface area contributed by atoms with Crippen molar-refractivity contribution in [1.29, 1.82) is 0 Å². The molecule has 0 aromatic heterocycles. The SMILES string of the molecule is CCOC(C)OC1(C)CCC(O[Si](CC)(CC)CC)CC(=O)OC(/C(C)=C/C=C/C(C)CC2OC2C(C)C(CC)OC(=O)c2ccccc2)C(C)/C=C\C1O. The number of benzene rings is 1. The standard InChI is InChI=1S/C45H72O9Si/c1-12-38(51-44(48)36-23-18-17-19-24-36)34(9)43-39(50-43)29-31(6)21-20-22-32(7)42-33(8)25-26-40(46)45(11,53-35(10)49-13-2)28-27-37(30-41(47)52-42)54-55(14-3,15-4)16-5/h17-26,31,33-35,37-40,42-43,46H,12-16,27-30H2,1-11H3/b21-20+,26-25-,32-22+. The van der Waals surface area contributed by atoms with Crippen LogP contribution in [0.5, 0.6) is 0 Å². The van der Waals surface area contributed by atoms with Gasteiger partial charge in [-0.3, -0.25) is 4.79 Å². The van der Waals surface area contributed by atoms with Crippen LogP contribution in [0.15, 0.2) is 66.3 Å². The van der Waals surface area contributed by atoms with E-state index in [2.05, 4.69) is 40.7 Å². The molecule has 0 saturated carbocycles.